The fourth-order valence-corrected chi connectivity index (χ4v) is 10.4. The number of aliphatic hydroxyl groups is 1. The quantitative estimate of drug-likeness (QED) is 0.0390. The number of imide groups is 1. The van der Waals surface area contributed by atoms with Gasteiger partial charge in [0.15, 0.2) is 0 Å². The predicted octanol–water partition coefficient (Wildman–Crippen LogP) is 7.07. The van der Waals surface area contributed by atoms with Gasteiger partial charge in [-0.25, -0.2) is 14.4 Å². The second kappa shape index (κ2) is 19.8. The lowest BCUT2D eigenvalue weighted by atomic mass is 9.65. The lowest BCUT2D eigenvalue weighted by Gasteiger charge is -2.46. The third-order valence-electron chi connectivity index (χ3n) is 13.3. The normalized spacial score (nSPS) is 21.0. The van der Waals surface area contributed by atoms with E-state index in [-0.39, 0.29) is 55.6 Å². The van der Waals surface area contributed by atoms with E-state index >= 15 is 14.4 Å². The first kappa shape index (κ1) is 46.7. The highest BCUT2D eigenvalue weighted by molar-refractivity contribution is 6.23. The number of hydrogen-bond acceptors (Lipinski definition) is 13. The monoisotopic (exact) mass is 963 g/mol. The molecule has 6 atom stereocenters. The number of aromatic nitrogens is 3. The number of esters is 1. The highest BCUT2D eigenvalue weighted by atomic mass is 16.6. The van der Waals surface area contributed by atoms with Crippen LogP contribution in [-0.2, 0) is 42.4 Å². The van der Waals surface area contributed by atoms with E-state index in [9.17, 15) is 20.0 Å². The molecule has 2 fully saturated rings. The number of rotatable bonds is 13. The van der Waals surface area contributed by atoms with E-state index in [0.717, 1.165) is 10.4 Å². The van der Waals surface area contributed by atoms with Crippen molar-refractivity contribution in [3.05, 3.63) is 208 Å². The van der Waals surface area contributed by atoms with Crippen molar-refractivity contribution in [3.63, 3.8) is 0 Å². The molecule has 17 heteroatoms. The van der Waals surface area contributed by atoms with Crippen molar-refractivity contribution in [1.82, 2.24) is 25.2 Å². The van der Waals surface area contributed by atoms with Gasteiger partial charge in [-0.15, -0.1) is 11.7 Å². The first-order valence-electron chi connectivity index (χ1n) is 23.1. The molecule has 1 spiro atoms. The molecule has 1 aromatic heterocycles. The van der Waals surface area contributed by atoms with E-state index < -0.39 is 64.4 Å². The van der Waals surface area contributed by atoms with E-state index in [0.29, 0.717) is 33.3 Å². The lowest BCUT2D eigenvalue weighted by molar-refractivity contribution is -0.384. The van der Waals surface area contributed by atoms with Gasteiger partial charge >= 0.3 is 12.1 Å². The van der Waals surface area contributed by atoms with Crippen LogP contribution in [0.15, 0.2) is 164 Å². The van der Waals surface area contributed by atoms with Crippen molar-refractivity contribution in [2.75, 3.05) is 24.7 Å². The average molecular weight is 964 g/mol. The molecule has 10 rings (SSSR count). The molecule has 0 saturated carbocycles. The summed E-state index contributed by atoms with van der Waals surface area (Å²) in [6.45, 7) is 3.01. The molecule has 7 aromatic rings. The number of ether oxygens (including phenoxy) is 3. The Hall–Kier alpha value is -8.98. The van der Waals surface area contributed by atoms with Crippen LogP contribution in [0.25, 0.3) is 11.0 Å². The van der Waals surface area contributed by atoms with Gasteiger partial charge < -0.3 is 24.6 Å². The van der Waals surface area contributed by atoms with Crippen LogP contribution in [0.1, 0.15) is 51.6 Å². The number of carbonyl (C=O) groups is 4. The van der Waals surface area contributed by atoms with E-state index in [1.807, 2.05) is 89.8 Å². The van der Waals surface area contributed by atoms with Crippen molar-refractivity contribution < 1.29 is 43.4 Å². The topological polar surface area (TPSA) is 209 Å². The minimum Gasteiger partial charge on any atom is -0.491 e. The first-order chi connectivity index (χ1) is 35.1. The SMILES string of the molecule is C=CCNC(=O)[C@@H]1[C@H]2C(=O)O[C@H](c3ccccc3)[C@H](c3ccccc3)N2[C@H](c2ccccc2OCCO)[C@@]12C(=O)N(C(=O)OCc1ccc([N+](=O)[O-])cc1)c1ccc(C#CCn3nnc4ccccc43)cc12. The van der Waals surface area contributed by atoms with Crippen molar-refractivity contribution in [1.29, 1.82) is 0 Å². The molecular weight excluding hydrogens is 919 g/mol. The molecule has 0 aliphatic carbocycles. The number of aliphatic hydroxyl groups excluding tert-OH is 1. The zero-order valence-corrected chi connectivity index (χ0v) is 38.4. The Morgan fingerprint density at radius 3 is 2.33 bits per heavy atom. The number of fused-ring (bicyclic) bond motifs is 4. The largest absolute Gasteiger partial charge is 0.491 e. The number of morpholine rings is 1. The number of nitro groups is 1. The molecular formula is C55H45N7O10. The molecule has 0 bridgehead atoms. The molecule has 4 heterocycles. The summed E-state index contributed by atoms with van der Waals surface area (Å²) in [6.07, 6.45) is -0.625. The molecule has 2 N–H and O–H groups in total. The first-order valence-corrected chi connectivity index (χ1v) is 23.1. The Balaban J connectivity index is 1.22. The van der Waals surface area contributed by atoms with Gasteiger partial charge in [0.2, 0.25) is 11.8 Å². The molecule has 3 aliphatic heterocycles. The maximum atomic E-state index is 16.5. The Kier molecular flexibility index (Phi) is 12.8. The molecule has 0 unspecified atom stereocenters. The van der Waals surface area contributed by atoms with Gasteiger partial charge in [0.05, 0.1) is 40.7 Å². The third-order valence-corrected chi connectivity index (χ3v) is 13.3. The summed E-state index contributed by atoms with van der Waals surface area (Å²) in [6, 6.07) is 39.5. The third kappa shape index (κ3) is 8.17. The molecule has 6 aromatic carbocycles. The van der Waals surface area contributed by atoms with Gasteiger partial charge in [0.25, 0.3) is 5.69 Å². The number of non-ortho nitro benzene ring substituents is 1. The average Bonchev–Trinajstić information content (AvgIpc) is 4.05. The zero-order valence-electron chi connectivity index (χ0n) is 38.4. The van der Waals surface area contributed by atoms with E-state index in [1.54, 1.807) is 47.1 Å². The smallest absolute Gasteiger partial charge is 0.421 e. The van der Waals surface area contributed by atoms with Crippen LogP contribution in [0, 0.1) is 27.9 Å². The molecule has 0 radical (unpaired) electrons. The number of nitrogens with one attached hydrogen (secondary N) is 1. The number of para-hydroxylation sites is 2. The molecule has 17 nitrogen and oxygen atoms in total. The fourth-order valence-electron chi connectivity index (χ4n) is 10.4. The van der Waals surface area contributed by atoms with Crippen LogP contribution in [0.3, 0.4) is 0 Å². The lowest BCUT2D eigenvalue weighted by Crippen LogP contribution is -2.55. The summed E-state index contributed by atoms with van der Waals surface area (Å²) >= 11 is 0. The minimum atomic E-state index is -2.17. The van der Waals surface area contributed by atoms with E-state index in [4.69, 9.17) is 14.2 Å². The molecule has 360 valence electrons. The number of nitrogens with zero attached hydrogens (tertiary/aromatic N) is 6. The highest BCUT2D eigenvalue weighted by Gasteiger charge is 2.76. The van der Waals surface area contributed by atoms with E-state index in [1.165, 1.54) is 30.3 Å². The van der Waals surface area contributed by atoms with Gasteiger partial charge in [0.1, 0.15) is 48.6 Å². The summed E-state index contributed by atoms with van der Waals surface area (Å²) in [5, 5.41) is 32.9. The van der Waals surface area contributed by atoms with E-state index in [2.05, 4.69) is 34.0 Å². The van der Waals surface area contributed by atoms with Crippen LogP contribution >= 0.6 is 0 Å². The second-order valence-electron chi connectivity index (χ2n) is 17.3. The fraction of sp³-hybridized carbons (Fsp3) is 0.200. The van der Waals surface area contributed by atoms with Crippen molar-refractivity contribution >= 4 is 46.3 Å². The summed E-state index contributed by atoms with van der Waals surface area (Å²) in [4.78, 5) is 75.8. The van der Waals surface area contributed by atoms with Crippen LogP contribution in [0.2, 0.25) is 0 Å². The maximum Gasteiger partial charge on any atom is 0.421 e. The number of amides is 3. The van der Waals surface area contributed by atoms with Crippen molar-refractivity contribution in [2.24, 2.45) is 5.92 Å². The molecule has 3 amide bonds. The summed E-state index contributed by atoms with van der Waals surface area (Å²) < 4.78 is 20.3. The van der Waals surface area contributed by atoms with Crippen molar-refractivity contribution in [3.8, 4) is 17.6 Å². The minimum absolute atomic E-state index is 0.0483. The Morgan fingerprint density at radius 1 is 0.889 bits per heavy atom. The van der Waals surface area contributed by atoms with Crippen LogP contribution in [0.5, 0.6) is 5.75 Å². The van der Waals surface area contributed by atoms with Gasteiger partial charge in [-0.3, -0.25) is 29.4 Å². The summed E-state index contributed by atoms with van der Waals surface area (Å²) in [5.41, 5.74) is 1.85. The maximum absolute atomic E-state index is 16.5. The Bertz CT molecular complexity index is 3300. The predicted molar refractivity (Wildman–Crippen MR) is 262 cm³/mol. The standard InChI is InChI=1S/C55H45N7O10/c1-2-29-56-51(64)46-48-52(65)72-49(38-17-7-4-8-18-38)47(37-15-5-3-6-16-37)61(48)50(40-19-9-12-22-45(40)70-32-31-63)55(46)41-33-35(14-13-30-59-44-21-11-10-20-42(44)57-58-59)25-28-43(41)60(53(55)66)54(67)71-34-36-23-26-39(27-24-36)62(68)69/h2-12,15-28,33,46-50,63H,1,29-32,34H2,(H,56,64)/t46-,47-,48-,49+,50+,55-/m0/s1. The van der Waals surface area contributed by atoms with Crippen molar-refractivity contribution in [2.45, 2.75) is 42.8 Å². The number of benzene rings is 6. The Morgan fingerprint density at radius 2 is 1.60 bits per heavy atom. The summed E-state index contributed by atoms with van der Waals surface area (Å²) in [5.74, 6) is 2.60. The highest BCUT2D eigenvalue weighted by Crippen LogP contribution is 2.66. The number of anilines is 1. The number of carbonyl (C=O) groups excluding carboxylic acids is 4. The van der Waals surface area contributed by atoms with Gasteiger partial charge in [0, 0.05) is 29.8 Å². The van der Waals surface area contributed by atoms with Crippen LogP contribution < -0.4 is 15.0 Å². The molecule has 72 heavy (non-hydrogen) atoms. The summed E-state index contributed by atoms with van der Waals surface area (Å²) in [7, 11) is 0. The van der Waals surface area contributed by atoms with Gasteiger partial charge in [-0.1, -0.05) is 114 Å². The number of nitro benzene ring substituents is 1. The Labute approximate surface area is 412 Å². The van der Waals surface area contributed by atoms with Gasteiger partial charge in [-0.05, 0) is 70.8 Å². The zero-order chi connectivity index (χ0) is 49.9. The second-order valence-corrected chi connectivity index (χ2v) is 17.3. The van der Waals surface area contributed by atoms with Gasteiger partial charge in [-0.2, -0.15) is 0 Å². The number of hydrogen-bond donors (Lipinski definition) is 2. The van der Waals surface area contributed by atoms with Crippen LogP contribution in [0.4, 0.5) is 16.2 Å². The molecule has 3 aliphatic rings. The van der Waals surface area contributed by atoms with Crippen LogP contribution in [-0.4, -0.2) is 79.6 Å². The molecule has 2 saturated heterocycles. The number of cyclic esters (lactones) is 1.